The third-order valence-corrected chi connectivity index (χ3v) is 4.20. The lowest BCUT2D eigenvalue weighted by Crippen LogP contribution is -2.32. The van der Waals surface area contributed by atoms with E-state index in [1.165, 1.54) is 6.07 Å². The molecule has 1 aliphatic rings. The van der Waals surface area contributed by atoms with Crippen LogP contribution in [0.25, 0.3) is 10.9 Å². The maximum absolute atomic E-state index is 12.8. The second-order valence-corrected chi connectivity index (χ2v) is 5.84. The highest BCUT2D eigenvalue weighted by atomic mass is 19.4. The minimum Gasteiger partial charge on any atom is -0.382 e. The second kappa shape index (κ2) is 5.76. The third-order valence-electron chi connectivity index (χ3n) is 4.20. The van der Waals surface area contributed by atoms with E-state index in [0.717, 1.165) is 43.5 Å². The van der Waals surface area contributed by atoms with Gasteiger partial charge in [0.05, 0.1) is 11.1 Å². The number of nitrogens with one attached hydrogen (secondary N) is 1. The highest BCUT2D eigenvalue weighted by Crippen LogP contribution is 2.33. The molecular weight excluding hydrogens is 291 g/mol. The van der Waals surface area contributed by atoms with E-state index in [0.29, 0.717) is 16.9 Å². The van der Waals surface area contributed by atoms with Crippen molar-refractivity contribution >= 4 is 16.6 Å². The SMILES string of the molecule is NC1CCC(Nc2ccnc3cc(C(F)(F)F)ccc23)CC1. The van der Waals surface area contributed by atoms with Gasteiger partial charge in [0.25, 0.3) is 0 Å². The molecule has 0 atom stereocenters. The van der Waals surface area contributed by atoms with E-state index in [4.69, 9.17) is 5.73 Å². The first-order valence-electron chi connectivity index (χ1n) is 7.41. The molecule has 1 aromatic carbocycles. The molecule has 3 nitrogen and oxygen atoms in total. The van der Waals surface area contributed by atoms with Crippen molar-refractivity contribution in [2.45, 2.75) is 43.9 Å². The number of benzene rings is 1. The van der Waals surface area contributed by atoms with Crippen LogP contribution in [0.15, 0.2) is 30.5 Å². The molecule has 0 unspecified atom stereocenters. The van der Waals surface area contributed by atoms with Gasteiger partial charge >= 0.3 is 6.18 Å². The molecule has 118 valence electrons. The van der Waals surface area contributed by atoms with Crippen molar-refractivity contribution in [3.05, 3.63) is 36.0 Å². The fourth-order valence-corrected chi connectivity index (χ4v) is 2.93. The number of pyridine rings is 1. The molecule has 1 aliphatic carbocycles. The predicted octanol–water partition coefficient (Wildman–Crippen LogP) is 3.94. The molecule has 1 fully saturated rings. The van der Waals surface area contributed by atoms with E-state index in [-0.39, 0.29) is 6.04 Å². The fraction of sp³-hybridized carbons (Fsp3) is 0.438. The van der Waals surface area contributed by atoms with Crippen molar-refractivity contribution in [1.29, 1.82) is 0 Å². The number of nitrogens with zero attached hydrogens (tertiary/aromatic N) is 1. The first kappa shape index (κ1) is 15.1. The Morgan fingerprint density at radius 2 is 1.82 bits per heavy atom. The van der Waals surface area contributed by atoms with Crippen molar-refractivity contribution in [3.8, 4) is 0 Å². The maximum Gasteiger partial charge on any atom is 0.416 e. The molecule has 0 saturated heterocycles. The van der Waals surface area contributed by atoms with Gasteiger partial charge in [-0.2, -0.15) is 13.2 Å². The van der Waals surface area contributed by atoms with Crippen LogP contribution in [0.3, 0.4) is 0 Å². The van der Waals surface area contributed by atoms with Gasteiger partial charge in [-0.15, -0.1) is 0 Å². The second-order valence-electron chi connectivity index (χ2n) is 5.84. The van der Waals surface area contributed by atoms with Crippen molar-refractivity contribution in [3.63, 3.8) is 0 Å². The van der Waals surface area contributed by atoms with Crippen LogP contribution in [0.1, 0.15) is 31.2 Å². The molecule has 0 amide bonds. The molecule has 0 aliphatic heterocycles. The molecule has 1 saturated carbocycles. The van der Waals surface area contributed by atoms with Crippen molar-refractivity contribution in [1.82, 2.24) is 4.98 Å². The summed E-state index contributed by atoms with van der Waals surface area (Å²) in [6, 6.07) is 6.07. The molecular formula is C16H18F3N3. The van der Waals surface area contributed by atoms with E-state index < -0.39 is 11.7 Å². The molecule has 6 heteroatoms. The summed E-state index contributed by atoms with van der Waals surface area (Å²) < 4.78 is 38.3. The minimum absolute atomic E-state index is 0.265. The average molecular weight is 309 g/mol. The standard InChI is InChI=1S/C16H18F3N3/c17-16(18,19)10-1-6-13-14(7-8-21-15(13)9-10)22-12-4-2-11(20)3-5-12/h1,6-9,11-12H,2-5,20H2,(H,21,22). The highest BCUT2D eigenvalue weighted by molar-refractivity contribution is 5.91. The summed E-state index contributed by atoms with van der Waals surface area (Å²) in [4.78, 5) is 4.06. The van der Waals surface area contributed by atoms with Gasteiger partial charge in [0.15, 0.2) is 0 Å². The molecule has 1 aromatic heterocycles. The summed E-state index contributed by atoms with van der Waals surface area (Å²) in [5.41, 5.74) is 6.41. The maximum atomic E-state index is 12.8. The Morgan fingerprint density at radius 1 is 1.09 bits per heavy atom. The summed E-state index contributed by atoms with van der Waals surface area (Å²) in [6.45, 7) is 0. The van der Waals surface area contributed by atoms with Crippen molar-refractivity contribution in [2.24, 2.45) is 5.73 Å². The quantitative estimate of drug-likeness (QED) is 0.883. The predicted molar refractivity (Wildman–Crippen MR) is 80.6 cm³/mol. The number of hydrogen-bond donors (Lipinski definition) is 2. The number of alkyl halides is 3. The zero-order valence-electron chi connectivity index (χ0n) is 12.0. The largest absolute Gasteiger partial charge is 0.416 e. The average Bonchev–Trinajstić information content (AvgIpc) is 2.48. The monoisotopic (exact) mass is 309 g/mol. The number of hydrogen-bond acceptors (Lipinski definition) is 3. The summed E-state index contributed by atoms with van der Waals surface area (Å²) in [7, 11) is 0. The van der Waals surface area contributed by atoms with E-state index in [9.17, 15) is 13.2 Å². The Kier molecular flexibility index (Phi) is 3.95. The molecule has 0 bridgehead atoms. The molecule has 0 radical (unpaired) electrons. The number of aromatic nitrogens is 1. The Labute approximate surface area is 126 Å². The van der Waals surface area contributed by atoms with E-state index >= 15 is 0 Å². The van der Waals surface area contributed by atoms with Gasteiger partial charge in [-0.25, -0.2) is 0 Å². The Hall–Kier alpha value is -1.82. The number of rotatable bonds is 2. The molecule has 22 heavy (non-hydrogen) atoms. The molecule has 3 N–H and O–H groups in total. The van der Waals surface area contributed by atoms with Crippen molar-refractivity contribution < 1.29 is 13.2 Å². The topological polar surface area (TPSA) is 50.9 Å². The summed E-state index contributed by atoms with van der Waals surface area (Å²) in [6.07, 6.45) is 1.09. The normalized spacial score (nSPS) is 22.7. The number of fused-ring (bicyclic) bond motifs is 1. The number of halogens is 3. The highest BCUT2D eigenvalue weighted by Gasteiger charge is 2.30. The van der Waals surface area contributed by atoms with Gasteiger partial charge in [0.2, 0.25) is 0 Å². The van der Waals surface area contributed by atoms with Gasteiger partial charge in [-0.05, 0) is 43.9 Å². The van der Waals surface area contributed by atoms with Crippen LogP contribution in [-0.4, -0.2) is 17.1 Å². The van der Waals surface area contributed by atoms with Gasteiger partial charge in [0, 0.05) is 29.4 Å². The fourth-order valence-electron chi connectivity index (χ4n) is 2.93. The zero-order valence-corrected chi connectivity index (χ0v) is 12.0. The van der Waals surface area contributed by atoms with Crippen LogP contribution in [0.2, 0.25) is 0 Å². The Bertz CT molecular complexity index is 661. The summed E-state index contributed by atoms with van der Waals surface area (Å²) >= 11 is 0. The van der Waals surface area contributed by atoms with Crippen LogP contribution in [0.4, 0.5) is 18.9 Å². The lowest BCUT2D eigenvalue weighted by molar-refractivity contribution is -0.137. The van der Waals surface area contributed by atoms with Crippen LogP contribution in [0.5, 0.6) is 0 Å². The zero-order chi connectivity index (χ0) is 15.7. The van der Waals surface area contributed by atoms with Gasteiger partial charge in [-0.1, -0.05) is 6.07 Å². The first-order valence-corrected chi connectivity index (χ1v) is 7.41. The molecule has 3 rings (SSSR count). The lowest BCUT2D eigenvalue weighted by Gasteiger charge is -2.28. The van der Waals surface area contributed by atoms with Crippen LogP contribution in [0, 0.1) is 0 Å². The van der Waals surface area contributed by atoms with Crippen LogP contribution >= 0.6 is 0 Å². The molecule has 2 aromatic rings. The van der Waals surface area contributed by atoms with Crippen LogP contribution in [-0.2, 0) is 6.18 Å². The Morgan fingerprint density at radius 3 is 2.50 bits per heavy atom. The molecule has 1 heterocycles. The smallest absolute Gasteiger partial charge is 0.382 e. The number of anilines is 1. The third kappa shape index (κ3) is 3.16. The summed E-state index contributed by atoms with van der Waals surface area (Å²) in [5.74, 6) is 0. The lowest BCUT2D eigenvalue weighted by atomic mass is 9.91. The van der Waals surface area contributed by atoms with E-state index in [2.05, 4.69) is 10.3 Å². The van der Waals surface area contributed by atoms with Gasteiger partial charge in [0.1, 0.15) is 0 Å². The first-order chi connectivity index (χ1) is 10.4. The number of nitrogens with two attached hydrogens (primary N) is 1. The Balaban J connectivity index is 1.87. The van der Waals surface area contributed by atoms with E-state index in [1.807, 2.05) is 6.07 Å². The summed E-state index contributed by atoms with van der Waals surface area (Å²) in [5, 5.41) is 4.14. The van der Waals surface area contributed by atoms with Gasteiger partial charge < -0.3 is 11.1 Å². The van der Waals surface area contributed by atoms with Gasteiger partial charge in [-0.3, -0.25) is 4.98 Å². The van der Waals surface area contributed by atoms with Crippen LogP contribution < -0.4 is 11.1 Å². The minimum atomic E-state index is -4.35. The van der Waals surface area contributed by atoms with Crippen molar-refractivity contribution in [2.75, 3.05) is 5.32 Å². The van der Waals surface area contributed by atoms with E-state index in [1.54, 1.807) is 6.20 Å². The molecule has 0 spiro atoms.